The van der Waals surface area contributed by atoms with Crippen LogP contribution in [0.5, 0.6) is 0 Å². The second-order valence-electron chi connectivity index (χ2n) is 5.44. The van der Waals surface area contributed by atoms with Crippen molar-refractivity contribution in [2.75, 3.05) is 11.9 Å². The molecule has 0 aromatic heterocycles. The molecule has 106 valence electrons. The highest BCUT2D eigenvalue weighted by atomic mass is 79.9. The maximum Gasteiger partial charge on any atom is 0.149 e. The molecule has 1 aliphatic carbocycles. The van der Waals surface area contributed by atoms with E-state index in [0.717, 1.165) is 12.5 Å². The number of hydrogen-bond donors (Lipinski definition) is 1. The van der Waals surface area contributed by atoms with Crippen molar-refractivity contribution in [2.24, 2.45) is 5.41 Å². The van der Waals surface area contributed by atoms with E-state index in [0.29, 0.717) is 12.3 Å². The highest BCUT2D eigenvalue weighted by Crippen LogP contribution is 2.44. The average molecular weight is 334 g/mol. The van der Waals surface area contributed by atoms with Crippen molar-refractivity contribution in [1.82, 2.24) is 0 Å². The van der Waals surface area contributed by atoms with Crippen molar-refractivity contribution in [1.29, 1.82) is 0 Å². The smallest absolute Gasteiger partial charge is 0.149 e. The number of anilines is 1. The van der Waals surface area contributed by atoms with Gasteiger partial charge in [0.05, 0.1) is 16.3 Å². The molecule has 1 N–H and O–H groups in total. The Morgan fingerprint density at radius 3 is 2.63 bits per heavy atom. The number of halogens is 3. The zero-order valence-corrected chi connectivity index (χ0v) is 12.9. The van der Waals surface area contributed by atoms with Crippen LogP contribution in [0.4, 0.5) is 14.5 Å². The summed E-state index contributed by atoms with van der Waals surface area (Å²) in [7, 11) is 0. The molecule has 0 amide bonds. The van der Waals surface area contributed by atoms with Gasteiger partial charge in [-0.1, -0.05) is 13.8 Å². The SMILES string of the molecule is CCOC1CC(Nc2cc(Br)c(F)cc2F)C1(C)C. The molecule has 1 fully saturated rings. The first-order chi connectivity index (χ1) is 8.86. The van der Waals surface area contributed by atoms with E-state index >= 15 is 0 Å². The van der Waals surface area contributed by atoms with Crippen LogP contribution in [0.25, 0.3) is 0 Å². The van der Waals surface area contributed by atoms with Gasteiger partial charge in [0.2, 0.25) is 0 Å². The first kappa shape index (κ1) is 14.7. The van der Waals surface area contributed by atoms with E-state index < -0.39 is 11.6 Å². The Kier molecular flexibility index (Phi) is 4.16. The molecule has 0 radical (unpaired) electrons. The number of nitrogens with one attached hydrogen (secondary N) is 1. The molecule has 0 bridgehead atoms. The molecule has 1 aromatic carbocycles. The molecule has 0 spiro atoms. The third-order valence-electron chi connectivity index (χ3n) is 3.89. The minimum absolute atomic E-state index is 0.0662. The highest BCUT2D eigenvalue weighted by Gasteiger charge is 2.49. The zero-order chi connectivity index (χ0) is 14.2. The molecular formula is C14H18BrF2NO. The first-order valence-corrected chi connectivity index (χ1v) is 7.18. The van der Waals surface area contributed by atoms with Gasteiger partial charge in [0, 0.05) is 24.1 Å². The Hall–Kier alpha value is -0.680. The summed E-state index contributed by atoms with van der Waals surface area (Å²) in [5.41, 5.74) is 0.254. The normalized spacial score (nSPS) is 24.9. The summed E-state index contributed by atoms with van der Waals surface area (Å²) < 4.78 is 32.8. The summed E-state index contributed by atoms with van der Waals surface area (Å²) >= 11 is 3.07. The molecule has 2 atom stereocenters. The second kappa shape index (κ2) is 5.37. The molecule has 0 saturated heterocycles. The lowest BCUT2D eigenvalue weighted by Gasteiger charge is -2.52. The molecule has 2 unspecified atom stereocenters. The van der Waals surface area contributed by atoms with Gasteiger partial charge in [-0.15, -0.1) is 0 Å². The monoisotopic (exact) mass is 333 g/mol. The fraction of sp³-hybridized carbons (Fsp3) is 0.571. The largest absolute Gasteiger partial charge is 0.379 e. The van der Waals surface area contributed by atoms with Crippen LogP contribution in [0, 0.1) is 17.0 Å². The van der Waals surface area contributed by atoms with Crippen LogP contribution in [0.3, 0.4) is 0 Å². The Balaban J connectivity index is 2.09. The lowest BCUT2D eigenvalue weighted by molar-refractivity contribution is -0.0976. The number of hydrogen-bond acceptors (Lipinski definition) is 2. The first-order valence-electron chi connectivity index (χ1n) is 6.39. The predicted octanol–water partition coefficient (Wildman–Crippen LogP) is 4.34. The third kappa shape index (κ3) is 2.77. The molecule has 0 heterocycles. The minimum Gasteiger partial charge on any atom is -0.379 e. The maximum absolute atomic E-state index is 13.7. The summed E-state index contributed by atoms with van der Waals surface area (Å²) in [5.74, 6) is -1.17. The van der Waals surface area contributed by atoms with Crippen molar-refractivity contribution in [2.45, 2.75) is 39.3 Å². The topological polar surface area (TPSA) is 21.3 Å². The van der Waals surface area contributed by atoms with Crippen molar-refractivity contribution in [3.63, 3.8) is 0 Å². The molecule has 2 nitrogen and oxygen atoms in total. The van der Waals surface area contributed by atoms with E-state index in [2.05, 4.69) is 35.1 Å². The van der Waals surface area contributed by atoms with Gasteiger partial charge in [0.25, 0.3) is 0 Å². The van der Waals surface area contributed by atoms with Gasteiger partial charge in [-0.2, -0.15) is 0 Å². The quantitative estimate of drug-likeness (QED) is 0.827. The molecule has 0 aliphatic heterocycles. The van der Waals surface area contributed by atoms with Crippen LogP contribution in [0.1, 0.15) is 27.2 Å². The Labute approximate surface area is 120 Å². The summed E-state index contributed by atoms with van der Waals surface area (Å²) in [6.07, 6.45) is 1.01. The Morgan fingerprint density at radius 2 is 2.05 bits per heavy atom. The summed E-state index contributed by atoms with van der Waals surface area (Å²) in [6.45, 7) is 6.82. The minimum atomic E-state index is -0.594. The van der Waals surface area contributed by atoms with Crippen LogP contribution < -0.4 is 5.32 Å². The van der Waals surface area contributed by atoms with Crippen molar-refractivity contribution >= 4 is 21.6 Å². The van der Waals surface area contributed by atoms with E-state index in [1.807, 2.05) is 6.92 Å². The van der Waals surface area contributed by atoms with Crippen LogP contribution >= 0.6 is 15.9 Å². The lowest BCUT2D eigenvalue weighted by Crippen LogP contribution is -2.58. The van der Waals surface area contributed by atoms with Crippen molar-refractivity contribution in [3.05, 3.63) is 28.2 Å². The van der Waals surface area contributed by atoms with Crippen LogP contribution in [-0.2, 0) is 4.74 Å². The highest BCUT2D eigenvalue weighted by molar-refractivity contribution is 9.10. The molecule has 5 heteroatoms. The molecule has 2 rings (SSSR count). The van der Waals surface area contributed by atoms with E-state index in [-0.39, 0.29) is 22.0 Å². The molecule has 1 aliphatic rings. The van der Waals surface area contributed by atoms with E-state index in [1.54, 1.807) is 0 Å². The van der Waals surface area contributed by atoms with E-state index in [9.17, 15) is 8.78 Å². The summed E-state index contributed by atoms with van der Waals surface area (Å²) in [4.78, 5) is 0. The second-order valence-corrected chi connectivity index (χ2v) is 6.30. The van der Waals surface area contributed by atoms with E-state index in [4.69, 9.17) is 4.74 Å². The summed E-state index contributed by atoms with van der Waals surface area (Å²) in [5, 5.41) is 3.14. The average Bonchev–Trinajstić information content (AvgIpc) is 2.34. The van der Waals surface area contributed by atoms with Crippen LogP contribution in [0.2, 0.25) is 0 Å². The van der Waals surface area contributed by atoms with Gasteiger partial charge in [0.1, 0.15) is 11.6 Å². The molecule has 1 aromatic rings. The fourth-order valence-corrected chi connectivity index (χ4v) is 2.78. The van der Waals surface area contributed by atoms with Gasteiger partial charge in [-0.3, -0.25) is 0 Å². The van der Waals surface area contributed by atoms with Crippen molar-refractivity contribution < 1.29 is 13.5 Å². The number of rotatable bonds is 4. The van der Waals surface area contributed by atoms with Gasteiger partial charge in [-0.25, -0.2) is 8.78 Å². The van der Waals surface area contributed by atoms with Gasteiger partial charge < -0.3 is 10.1 Å². The molecular weight excluding hydrogens is 316 g/mol. The van der Waals surface area contributed by atoms with Crippen molar-refractivity contribution in [3.8, 4) is 0 Å². The van der Waals surface area contributed by atoms with E-state index in [1.165, 1.54) is 6.07 Å². The lowest BCUT2D eigenvalue weighted by atomic mass is 9.64. The fourth-order valence-electron chi connectivity index (χ4n) is 2.44. The van der Waals surface area contributed by atoms with Gasteiger partial charge in [-0.05, 0) is 35.3 Å². The van der Waals surface area contributed by atoms with Crippen LogP contribution in [-0.4, -0.2) is 18.8 Å². The Bertz CT molecular complexity index is 479. The molecule has 1 saturated carbocycles. The zero-order valence-electron chi connectivity index (χ0n) is 11.3. The maximum atomic E-state index is 13.7. The number of benzene rings is 1. The van der Waals surface area contributed by atoms with Gasteiger partial charge >= 0.3 is 0 Å². The Morgan fingerprint density at radius 1 is 1.37 bits per heavy atom. The predicted molar refractivity (Wildman–Crippen MR) is 75.3 cm³/mol. The number of ether oxygens (including phenoxy) is 1. The van der Waals surface area contributed by atoms with Gasteiger partial charge in [0.15, 0.2) is 0 Å². The standard InChI is InChI=1S/C14H18BrF2NO/c1-4-19-13-7-12(14(13,2)3)18-11-5-8(15)9(16)6-10(11)17/h5-6,12-13,18H,4,7H2,1-3H3. The molecule has 19 heavy (non-hydrogen) atoms. The van der Waals surface area contributed by atoms with Crippen LogP contribution in [0.15, 0.2) is 16.6 Å². The summed E-state index contributed by atoms with van der Waals surface area (Å²) in [6, 6.07) is 2.45. The third-order valence-corrected chi connectivity index (χ3v) is 4.49.